The van der Waals surface area contributed by atoms with E-state index in [1.54, 1.807) is 12.7 Å². The summed E-state index contributed by atoms with van der Waals surface area (Å²) in [7, 11) is 0. The molecular weight excluding hydrogens is 447 g/mol. The molecule has 2 heterocycles. The number of piperidine rings is 1. The van der Waals surface area contributed by atoms with Crippen molar-refractivity contribution in [2.75, 3.05) is 32.8 Å². The minimum Gasteiger partial charge on any atom is -0.466 e. The maximum Gasteiger partial charge on any atom is 0.310 e. The van der Waals surface area contributed by atoms with Crippen molar-refractivity contribution in [1.29, 1.82) is 0 Å². The summed E-state index contributed by atoms with van der Waals surface area (Å²) in [6.45, 7) is 8.47. The van der Waals surface area contributed by atoms with Crippen LogP contribution < -0.4 is 5.32 Å². The van der Waals surface area contributed by atoms with Crippen molar-refractivity contribution in [1.82, 2.24) is 25.0 Å². The highest BCUT2D eigenvalue weighted by Crippen LogP contribution is 2.18. The summed E-state index contributed by atoms with van der Waals surface area (Å²) >= 11 is 0. The van der Waals surface area contributed by atoms with Gasteiger partial charge in [-0.15, -0.1) is 34.2 Å². The third kappa shape index (κ3) is 7.46. The maximum atomic E-state index is 12.0. The van der Waals surface area contributed by atoms with Crippen molar-refractivity contribution in [2.45, 2.75) is 46.1 Å². The number of aromatic nitrogens is 3. The predicted octanol–water partition coefficient (Wildman–Crippen LogP) is 1.92. The monoisotopic (exact) mass is 478 g/mol. The van der Waals surface area contributed by atoms with Gasteiger partial charge in [-0.05, 0) is 39.5 Å². The Balaban J connectivity index is 0.00000338. The molecule has 1 atom stereocenters. The Kier molecular flexibility index (Phi) is 11.2. The van der Waals surface area contributed by atoms with Crippen LogP contribution in [0.5, 0.6) is 0 Å². The molecule has 1 fully saturated rings. The molecule has 148 valence electrons. The number of guanidine groups is 1. The van der Waals surface area contributed by atoms with E-state index in [4.69, 9.17) is 9.73 Å². The SMILES string of the molecule is CCNC(=NCCCCn1cnnc1)N1CCCC(C(=O)OCC)C1.I. The van der Waals surface area contributed by atoms with E-state index in [-0.39, 0.29) is 35.9 Å². The molecule has 1 aliphatic heterocycles. The van der Waals surface area contributed by atoms with Crippen LogP contribution in [0.2, 0.25) is 0 Å². The summed E-state index contributed by atoms with van der Waals surface area (Å²) < 4.78 is 7.16. The quantitative estimate of drug-likeness (QED) is 0.202. The number of ether oxygens (including phenoxy) is 1. The molecular formula is C17H31IN6O2. The van der Waals surface area contributed by atoms with E-state index in [0.29, 0.717) is 13.2 Å². The lowest BCUT2D eigenvalue weighted by atomic mass is 9.98. The average Bonchev–Trinajstić information content (AvgIpc) is 3.14. The lowest BCUT2D eigenvalue weighted by molar-refractivity contribution is -0.149. The summed E-state index contributed by atoms with van der Waals surface area (Å²) in [4.78, 5) is 18.9. The molecule has 1 N–H and O–H groups in total. The fourth-order valence-electron chi connectivity index (χ4n) is 2.98. The number of unbranched alkanes of at least 4 members (excludes halogenated alkanes) is 1. The van der Waals surface area contributed by atoms with E-state index in [9.17, 15) is 4.79 Å². The standard InChI is InChI=1S/C17H30N6O2.HI/c1-3-18-17(19-9-5-6-10-22-13-20-21-14-22)23-11-7-8-15(12-23)16(24)25-4-2;/h13-15H,3-12H2,1-2H3,(H,18,19);1H. The van der Waals surface area contributed by atoms with Crippen LogP contribution in [0.25, 0.3) is 0 Å². The summed E-state index contributed by atoms with van der Waals surface area (Å²) in [5, 5.41) is 10.9. The molecule has 26 heavy (non-hydrogen) atoms. The molecule has 0 amide bonds. The van der Waals surface area contributed by atoms with Gasteiger partial charge in [0, 0.05) is 32.7 Å². The van der Waals surface area contributed by atoms with Crippen molar-refractivity contribution in [3.8, 4) is 0 Å². The minimum absolute atomic E-state index is 0. The first-order chi connectivity index (χ1) is 12.2. The predicted molar refractivity (Wildman–Crippen MR) is 112 cm³/mol. The molecule has 0 spiro atoms. The van der Waals surface area contributed by atoms with E-state index in [2.05, 4.69) is 27.3 Å². The number of hydrogen-bond donors (Lipinski definition) is 1. The second-order valence-corrected chi connectivity index (χ2v) is 6.18. The van der Waals surface area contributed by atoms with Crippen molar-refractivity contribution >= 4 is 35.9 Å². The Morgan fingerprint density at radius 2 is 2.08 bits per heavy atom. The number of nitrogens with one attached hydrogen (secondary N) is 1. The molecule has 1 aromatic rings. The lowest BCUT2D eigenvalue weighted by Gasteiger charge is -2.34. The van der Waals surface area contributed by atoms with E-state index >= 15 is 0 Å². The topological polar surface area (TPSA) is 84.6 Å². The first-order valence-electron chi connectivity index (χ1n) is 9.26. The highest BCUT2D eigenvalue weighted by atomic mass is 127. The van der Waals surface area contributed by atoms with Crippen molar-refractivity contribution in [3.63, 3.8) is 0 Å². The second kappa shape index (κ2) is 12.9. The van der Waals surface area contributed by atoms with Gasteiger partial charge in [-0.1, -0.05) is 0 Å². The Bertz CT molecular complexity index is 537. The molecule has 8 nitrogen and oxygen atoms in total. The Hall–Kier alpha value is -1.39. The Morgan fingerprint density at radius 3 is 2.77 bits per heavy atom. The van der Waals surface area contributed by atoms with Crippen LogP contribution in [0, 0.1) is 5.92 Å². The van der Waals surface area contributed by atoms with Gasteiger partial charge >= 0.3 is 5.97 Å². The molecule has 9 heteroatoms. The van der Waals surface area contributed by atoms with Gasteiger partial charge in [-0.2, -0.15) is 0 Å². The van der Waals surface area contributed by atoms with Crippen LogP contribution in [-0.4, -0.2) is 64.4 Å². The third-order valence-corrected chi connectivity index (χ3v) is 4.23. The molecule has 0 bridgehead atoms. The van der Waals surface area contributed by atoms with Crippen molar-refractivity contribution in [3.05, 3.63) is 12.7 Å². The molecule has 1 unspecified atom stereocenters. The first-order valence-corrected chi connectivity index (χ1v) is 9.26. The van der Waals surface area contributed by atoms with Gasteiger partial charge in [0.1, 0.15) is 12.7 Å². The Morgan fingerprint density at radius 1 is 1.31 bits per heavy atom. The second-order valence-electron chi connectivity index (χ2n) is 6.18. The fourth-order valence-corrected chi connectivity index (χ4v) is 2.98. The highest BCUT2D eigenvalue weighted by molar-refractivity contribution is 14.0. The number of hydrogen-bond acceptors (Lipinski definition) is 5. The zero-order valence-corrected chi connectivity index (χ0v) is 18.1. The number of esters is 1. The number of carbonyl (C=O) groups is 1. The molecule has 0 aromatic carbocycles. The van der Waals surface area contributed by atoms with E-state index in [1.165, 1.54) is 0 Å². The third-order valence-electron chi connectivity index (χ3n) is 4.23. The van der Waals surface area contributed by atoms with Crippen LogP contribution >= 0.6 is 24.0 Å². The molecule has 1 aromatic heterocycles. The van der Waals surface area contributed by atoms with E-state index in [0.717, 1.165) is 57.8 Å². The van der Waals surface area contributed by atoms with Gasteiger partial charge in [0.2, 0.25) is 0 Å². The molecule has 1 aliphatic rings. The smallest absolute Gasteiger partial charge is 0.310 e. The fraction of sp³-hybridized carbons (Fsp3) is 0.765. The average molecular weight is 478 g/mol. The van der Waals surface area contributed by atoms with Crippen LogP contribution in [0.4, 0.5) is 0 Å². The van der Waals surface area contributed by atoms with Crippen LogP contribution in [0.3, 0.4) is 0 Å². The normalized spacial score (nSPS) is 17.5. The molecule has 1 saturated heterocycles. The van der Waals surface area contributed by atoms with Crippen molar-refractivity contribution < 1.29 is 9.53 Å². The summed E-state index contributed by atoms with van der Waals surface area (Å²) in [5.41, 5.74) is 0. The summed E-state index contributed by atoms with van der Waals surface area (Å²) in [6, 6.07) is 0. The number of likely N-dealkylation sites (tertiary alicyclic amines) is 1. The number of rotatable bonds is 8. The molecule has 0 radical (unpaired) electrons. The summed E-state index contributed by atoms with van der Waals surface area (Å²) in [5.74, 6) is 0.768. The number of halogens is 1. The lowest BCUT2D eigenvalue weighted by Crippen LogP contribution is -2.48. The number of aryl methyl sites for hydroxylation is 1. The zero-order valence-electron chi connectivity index (χ0n) is 15.8. The maximum absolute atomic E-state index is 12.0. The van der Waals surface area contributed by atoms with E-state index in [1.807, 2.05) is 11.5 Å². The molecule has 0 aliphatic carbocycles. The summed E-state index contributed by atoms with van der Waals surface area (Å²) in [6.07, 6.45) is 7.39. The van der Waals surface area contributed by atoms with Gasteiger partial charge in [0.15, 0.2) is 5.96 Å². The number of aliphatic imine (C=N–C) groups is 1. The largest absolute Gasteiger partial charge is 0.466 e. The van der Waals surface area contributed by atoms with Gasteiger partial charge in [0.25, 0.3) is 0 Å². The first kappa shape index (κ1) is 22.7. The van der Waals surface area contributed by atoms with Gasteiger partial charge in [0.05, 0.1) is 12.5 Å². The highest BCUT2D eigenvalue weighted by Gasteiger charge is 2.28. The van der Waals surface area contributed by atoms with Gasteiger partial charge < -0.3 is 19.5 Å². The molecule has 0 saturated carbocycles. The zero-order chi connectivity index (χ0) is 17.9. The number of carbonyl (C=O) groups excluding carboxylic acids is 1. The van der Waals surface area contributed by atoms with Crippen LogP contribution in [0.1, 0.15) is 39.5 Å². The minimum atomic E-state index is -0.0861. The number of nitrogens with zero attached hydrogens (tertiary/aromatic N) is 5. The molecule has 2 rings (SSSR count). The van der Waals surface area contributed by atoms with E-state index < -0.39 is 0 Å². The van der Waals surface area contributed by atoms with Gasteiger partial charge in [-0.3, -0.25) is 9.79 Å². The van der Waals surface area contributed by atoms with Crippen molar-refractivity contribution in [2.24, 2.45) is 10.9 Å². The van der Waals surface area contributed by atoms with Gasteiger partial charge in [-0.25, -0.2) is 0 Å². The van der Waals surface area contributed by atoms with Crippen LogP contribution in [0.15, 0.2) is 17.6 Å². The Labute approximate surface area is 172 Å². The van der Waals surface area contributed by atoms with Crippen LogP contribution in [-0.2, 0) is 16.1 Å².